The highest BCUT2D eigenvalue weighted by Gasteiger charge is 2.57. The summed E-state index contributed by atoms with van der Waals surface area (Å²) in [5.74, 6) is -3.86. The predicted octanol–water partition coefficient (Wildman–Crippen LogP) is 6.58. The van der Waals surface area contributed by atoms with Crippen molar-refractivity contribution in [2.45, 2.75) is 22.4 Å². The first-order chi connectivity index (χ1) is 20.9. The Bertz CT molecular complexity index is 1860. The quantitative estimate of drug-likeness (QED) is 0.223. The molecule has 3 unspecified atom stereocenters. The average molecular weight is 681 g/mol. The van der Waals surface area contributed by atoms with Gasteiger partial charge in [-0.3, -0.25) is 19.2 Å². The molecule has 2 aliphatic heterocycles. The second-order valence-corrected chi connectivity index (χ2v) is 12.9. The molecule has 0 saturated carbocycles. The summed E-state index contributed by atoms with van der Waals surface area (Å²) < 4.78 is 46.3. The molecule has 2 N–H and O–H groups in total. The van der Waals surface area contributed by atoms with Gasteiger partial charge in [-0.1, -0.05) is 52.4 Å². The number of nitrogens with one attached hydrogen (secondary N) is 2. The van der Waals surface area contributed by atoms with Crippen molar-refractivity contribution in [2.24, 2.45) is 5.92 Å². The molecule has 2 aliphatic rings. The van der Waals surface area contributed by atoms with Crippen LogP contribution in [0.15, 0.2) is 76.6 Å². The molecule has 8 nitrogen and oxygen atoms in total. The van der Waals surface area contributed by atoms with Crippen LogP contribution < -0.4 is 19.8 Å². The van der Waals surface area contributed by atoms with Gasteiger partial charge in [-0.25, -0.2) is 4.90 Å². The van der Waals surface area contributed by atoms with Crippen LogP contribution >= 0.6 is 46.3 Å². The molecule has 44 heavy (non-hydrogen) atoms. The topological polar surface area (TPSA) is 109 Å². The van der Waals surface area contributed by atoms with E-state index >= 15 is 0 Å². The lowest BCUT2D eigenvalue weighted by atomic mass is 9.82. The summed E-state index contributed by atoms with van der Waals surface area (Å²) in [6.07, 6.45) is -4.69. The van der Waals surface area contributed by atoms with Gasteiger partial charge in [0.15, 0.2) is 6.61 Å². The Morgan fingerprint density at radius 1 is 0.977 bits per heavy atom. The van der Waals surface area contributed by atoms with E-state index in [9.17, 15) is 32.3 Å². The number of fused-ring (bicyclic) bond motifs is 2. The maximum absolute atomic E-state index is 14.0. The Morgan fingerprint density at radius 2 is 1.70 bits per heavy atom. The molecule has 6 rings (SSSR count). The fourth-order valence-electron chi connectivity index (χ4n) is 5.20. The van der Waals surface area contributed by atoms with Crippen molar-refractivity contribution in [2.75, 3.05) is 16.8 Å². The second kappa shape index (κ2) is 11.6. The molecule has 0 spiro atoms. The van der Waals surface area contributed by atoms with Crippen LogP contribution in [-0.2, 0) is 20.6 Å². The van der Waals surface area contributed by atoms with Gasteiger partial charge in [0.05, 0.1) is 22.2 Å². The van der Waals surface area contributed by atoms with E-state index in [-0.39, 0.29) is 16.5 Å². The Balaban J connectivity index is 1.36. The maximum atomic E-state index is 14.0. The molecule has 3 heterocycles. The van der Waals surface area contributed by atoms with Crippen LogP contribution in [0.5, 0.6) is 5.75 Å². The fourth-order valence-corrected chi connectivity index (χ4v) is 8.01. The lowest BCUT2D eigenvalue weighted by Gasteiger charge is -2.31. The molecule has 3 amide bonds. The summed E-state index contributed by atoms with van der Waals surface area (Å²) in [6.45, 7) is -0.438. The number of aromatic nitrogens is 1. The van der Waals surface area contributed by atoms with E-state index in [1.165, 1.54) is 24.3 Å². The first-order valence-corrected chi connectivity index (χ1v) is 15.3. The van der Waals surface area contributed by atoms with E-state index < -0.39 is 58.0 Å². The Kier molecular flexibility index (Phi) is 7.99. The van der Waals surface area contributed by atoms with Gasteiger partial charge in [0.1, 0.15) is 11.0 Å². The number of nitrogens with zero attached hydrogens (tertiary/aromatic N) is 1. The van der Waals surface area contributed by atoms with E-state index in [4.69, 9.17) is 27.9 Å². The van der Waals surface area contributed by atoms with Gasteiger partial charge in [0.25, 0.3) is 5.91 Å². The predicted molar refractivity (Wildman–Crippen MR) is 161 cm³/mol. The number of thiazole rings is 1. The SMILES string of the molecule is O=C(COc1ccc(Cl)cc1C1c2sc(=O)[nH]c2SC2C(=O)N(c3cccc(C(F)(F)F)c3)C(=O)C21)Nc1ccc(Cl)cc1. The Morgan fingerprint density at radius 3 is 2.43 bits per heavy atom. The van der Waals surface area contributed by atoms with Gasteiger partial charge in [-0.2, -0.15) is 13.2 Å². The van der Waals surface area contributed by atoms with Crippen LogP contribution in [0, 0.1) is 5.92 Å². The number of imide groups is 1. The number of thioether (sulfide) groups is 1. The van der Waals surface area contributed by atoms with Crippen molar-refractivity contribution in [3.05, 3.63) is 102 Å². The van der Waals surface area contributed by atoms with E-state index in [2.05, 4.69) is 10.3 Å². The number of hydrogen-bond donors (Lipinski definition) is 2. The van der Waals surface area contributed by atoms with Crippen molar-refractivity contribution in [3.8, 4) is 5.75 Å². The molecule has 4 aromatic rings. The highest BCUT2D eigenvalue weighted by Crippen LogP contribution is 2.55. The standard InChI is InChI=1S/C29H18Cl2F3N3O5S2/c30-14-4-7-16(8-5-14)35-20(38)12-42-19-9-6-15(31)11-18(19)21-22-24(43-25-23(21)44-28(41)36-25)27(40)37(26(22)39)17-3-1-2-13(10-17)29(32,33)34/h1-11,21-22,24H,12H2,(H,35,38)(H,36,41). The minimum absolute atomic E-state index is 0.167. The molecule has 1 aromatic heterocycles. The molecule has 3 atom stereocenters. The largest absolute Gasteiger partial charge is 0.483 e. The number of rotatable bonds is 6. The van der Waals surface area contributed by atoms with Crippen LogP contribution in [-0.4, -0.2) is 34.6 Å². The number of anilines is 2. The molecule has 0 bridgehead atoms. The van der Waals surface area contributed by atoms with Gasteiger partial charge in [0, 0.05) is 32.1 Å². The van der Waals surface area contributed by atoms with E-state index in [0.29, 0.717) is 26.2 Å². The summed E-state index contributed by atoms with van der Waals surface area (Å²) in [4.78, 5) is 56.2. The number of aromatic amines is 1. The summed E-state index contributed by atoms with van der Waals surface area (Å²) in [5.41, 5.74) is -0.420. The molecular weight excluding hydrogens is 662 g/mol. The zero-order valence-electron chi connectivity index (χ0n) is 22.0. The maximum Gasteiger partial charge on any atom is 0.416 e. The number of halogens is 5. The van der Waals surface area contributed by atoms with Crippen molar-refractivity contribution in [3.63, 3.8) is 0 Å². The van der Waals surface area contributed by atoms with Crippen LogP contribution in [0.3, 0.4) is 0 Å². The van der Waals surface area contributed by atoms with Gasteiger partial charge in [0.2, 0.25) is 11.8 Å². The number of carbonyl (C=O) groups excluding carboxylic acids is 3. The fraction of sp³-hybridized carbons (Fsp3) is 0.172. The molecule has 0 aliphatic carbocycles. The highest BCUT2D eigenvalue weighted by molar-refractivity contribution is 8.00. The minimum Gasteiger partial charge on any atom is -0.483 e. The van der Waals surface area contributed by atoms with Crippen molar-refractivity contribution >= 4 is 75.4 Å². The molecular formula is C29H18Cl2F3N3O5S2. The van der Waals surface area contributed by atoms with Gasteiger partial charge in [-0.15, -0.1) is 0 Å². The number of hydrogen-bond acceptors (Lipinski definition) is 7. The molecule has 1 fully saturated rings. The smallest absolute Gasteiger partial charge is 0.416 e. The number of H-pyrrole nitrogens is 1. The lowest BCUT2D eigenvalue weighted by molar-refractivity contribution is -0.137. The van der Waals surface area contributed by atoms with E-state index in [1.54, 1.807) is 24.3 Å². The monoisotopic (exact) mass is 679 g/mol. The average Bonchev–Trinajstić information content (AvgIpc) is 3.47. The number of amides is 3. The van der Waals surface area contributed by atoms with E-state index in [0.717, 1.165) is 46.2 Å². The number of carbonyl (C=O) groups is 3. The Labute approximate surface area is 265 Å². The highest BCUT2D eigenvalue weighted by atomic mass is 35.5. The summed E-state index contributed by atoms with van der Waals surface area (Å²) in [6, 6.07) is 15.0. The zero-order chi connectivity index (χ0) is 31.3. The van der Waals surface area contributed by atoms with Crippen LogP contribution in [0.2, 0.25) is 10.0 Å². The first-order valence-electron chi connectivity index (χ1n) is 12.8. The van der Waals surface area contributed by atoms with Crippen molar-refractivity contribution in [1.29, 1.82) is 0 Å². The van der Waals surface area contributed by atoms with Crippen LogP contribution in [0.1, 0.15) is 21.9 Å². The number of benzene rings is 3. The summed E-state index contributed by atoms with van der Waals surface area (Å²) in [7, 11) is 0. The van der Waals surface area contributed by atoms with E-state index in [1.807, 2.05) is 0 Å². The third-order valence-corrected chi connectivity index (χ3v) is 9.94. The molecule has 1 saturated heterocycles. The minimum atomic E-state index is -4.69. The summed E-state index contributed by atoms with van der Waals surface area (Å²) >= 11 is 14.1. The Hall–Kier alpha value is -3.78. The number of alkyl halides is 3. The summed E-state index contributed by atoms with van der Waals surface area (Å²) in [5, 5.41) is 2.70. The molecule has 226 valence electrons. The molecule has 0 radical (unpaired) electrons. The van der Waals surface area contributed by atoms with Gasteiger partial charge >= 0.3 is 11.0 Å². The molecule has 3 aromatic carbocycles. The second-order valence-electron chi connectivity index (χ2n) is 9.84. The number of ether oxygens (including phenoxy) is 1. The van der Waals surface area contributed by atoms with Crippen molar-refractivity contribution in [1.82, 2.24) is 4.98 Å². The third-order valence-electron chi connectivity index (χ3n) is 7.05. The molecule has 15 heteroatoms. The lowest BCUT2D eigenvalue weighted by Crippen LogP contribution is -2.32. The third kappa shape index (κ3) is 5.72. The van der Waals surface area contributed by atoms with Crippen molar-refractivity contribution < 1.29 is 32.3 Å². The zero-order valence-corrected chi connectivity index (χ0v) is 25.1. The normalized spacial score (nSPS) is 19.5. The van der Waals surface area contributed by atoms with Gasteiger partial charge < -0.3 is 15.0 Å². The van der Waals surface area contributed by atoms with Gasteiger partial charge in [-0.05, 0) is 60.7 Å². The van der Waals surface area contributed by atoms with Crippen LogP contribution in [0.25, 0.3) is 0 Å². The first kappa shape index (κ1) is 30.3. The van der Waals surface area contributed by atoms with Crippen LogP contribution in [0.4, 0.5) is 24.5 Å².